The maximum atomic E-state index is 8.64. The molecule has 0 atom stereocenters. The Morgan fingerprint density at radius 3 is 2.92 bits per heavy atom. The topological polar surface area (TPSA) is 80.0 Å². The Labute approximate surface area is 74.5 Å². The lowest BCUT2D eigenvalue weighted by molar-refractivity contribution is 0.944. The average Bonchev–Trinajstić information content (AvgIpc) is 2.59. The first-order valence-electron chi connectivity index (χ1n) is 3.77. The van der Waals surface area contributed by atoms with Gasteiger partial charge in [0.1, 0.15) is 6.07 Å². The van der Waals surface area contributed by atoms with Crippen LogP contribution in [0.1, 0.15) is 11.3 Å². The zero-order chi connectivity index (χ0) is 9.26. The quantitative estimate of drug-likeness (QED) is 0.661. The minimum atomic E-state index is 0.387. The van der Waals surface area contributed by atoms with E-state index >= 15 is 0 Å². The number of imidazole rings is 1. The molecule has 0 saturated heterocycles. The fourth-order valence-electron chi connectivity index (χ4n) is 1.13. The Morgan fingerprint density at radius 1 is 1.46 bits per heavy atom. The van der Waals surface area contributed by atoms with Crippen LogP contribution in [0.3, 0.4) is 0 Å². The monoisotopic (exact) mass is 173 g/mol. The van der Waals surface area contributed by atoms with Gasteiger partial charge in [-0.15, -0.1) is 0 Å². The zero-order valence-electron chi connectivity index (χ0n) is 6.81. The molecule has 0 spiro atoms. The van der Waals surface area contributed by atoms with E-state index in [1.54, 1.807) is 16.8 Å². The Morgan fingerprint density at radius 2 is 2.23 bits per heavy atom. The number of fused-ring (bicyclic) bond motifs is 1. The van der Waals surface area contributed by atoms with Crippen LogP contribution in [0, 0.1) is 11.3 Å². The van der Waals surface area contributed by atoms with E-state index < -0.39 is 0 Å². The maximum Gasteiger partial charge on any atom is 0.234 e. The number of nitriles is 1. The standard InChI is InChI=1S/C8H7N5/c9-1-6-3-11-8-12-4-7(2-10)13(8)5-6/h3-5H,2,10H2. The summed E-state index contributed by atoms with van der Waals surface area (Å²) in [5.41, 5.74) is 6.83. The first-order valence-corrected chi connectivity index (χ1v) is 3.77. The number of aromatic nitrogens is 3. The molecule has 0 aromatic carbocycles. The van der Waals surface area contributed by atoms with Crippen LogP contribution in [0.4, 0.5) is 0 Å². The molecular weight excluding hydrogens is 166 g/mol. The number of nitrogens with two attached hydrogens (primary N) is 1. The highest BCUT2D eigenvalue weighted by Crippen LogP contribution is 2.04. The zero-order valence-corrected chi connectivity index (χ0v) is 6.81. The molecule has 2 heterocycles. The van der Waals surface area contributed by atoms with Gasteiger partial charge >= 0.3 is 0 Å². The van der Waals surface area contributed by atoms with Crippen LogP contribution in [0.2, 0.25) is 0 Å². The largest absolute Gasteiger partial charge is 0.325 e. The first kappa shape index (κ1) is 7.71. The third-order valence-corrected chi connectivity index (χ3v) is 1.78. The summed E-state index contributed by atoms with van der Waals surface area (Å²) in [7, 11) is 0. The summed E-state index contributed by atoms with van der Waals surface area (Å²) in [5, 5.41) is 8.64. The van der Waals surface area contributed by atoms with Gasteiger partial charge < -0.3 is 5.73 Å². The van der Waals surface area contributed by atoms with Crippen molar-refractivity contribution in [3.63, 3.8) is 0 Å². The molecule has 0 aliphatic rings. The van der Waals surface area contributed by atoms with Crippen molar-refractivity contribution in [2.24, 2.45) is 5.73 Å². The van der Waals surface area contributed by atoms with Crippen molar-refractivity contribution in [1.82, 2.24) is 14.4 Å². The van der Waals surface area contributed by atoms with Crippen LogP contribution >= 0.6 is 0 Å². The van der Waals surface area contributed by atoms with Gasteiger partial charge in [-0.05, 0) is 0 Å². The lowest BCUT2D eigenvalue weighted by atomic mass is 10.4. The van der Waals surface area contributed by atoms with Gasteiger partial charge in [-0.2, -0.15) is 5.26 Å². The van der Waals surface area contributed by atoms with Gasteiger partial charge in [-0.25, -0.2) is 9.97 Å². The van der Waals surface area contributed by atoms with Crippen LogP contribution in [0.25, 0.3) is 5.78 Å². The van der Waals surface area contributed by atoms with Crippen molar-refractivity contribution in [3.8, 4) is 6.07 Å². The lowest BCUT2D eigenvalue weighted by Gasteiger charge is -1.96. The second-order valence-electron chi connectivity index (χ2n) is 2.58. The van der Waals surface area contributed by atoms with Gasteiger partial charge in [0.15, 0.2) is 0 Å². The molecule has 64 valence electrons. The Hall–Kier alpha value is -1.93. The number of hydrogen-bond acceptors (Lipinski definition) is 4. The van der Waals surface area contributed by atoms with Crippen LogP contribution in [-0.2, 0) is 6.54 Å². The molecule has 5 nitrogen and oxygen atoms in total. The van der Waals surface area contributed by atoms with Gasteiger partial charge in [0.2, 0.25) is 5.78 Å². The maximum absolute atomic E-state index is 8.64. The summed E-state index contributed by atoms with van der Waals surface area (Å²) >= 11 is 0. The van der Waals surface area contributed by atoms with Gasteiger partial charge in [0, 0.05) is 12.7 Å². The van der Waals surface area contributed by atoms with E-state index in [1.807, 2.05) is 6.07 Å². The molecule has 2 rings (SSSR count). The highest BCUT2D eigenvalue weighted by atomic mass is 15.1. The number of rotatable bonds is 1. The predicted octanol–water partition coefficient (Wildman–Crippen LogP) is 0.0597. The summed E-state index contributed by atoms with van der Waals surface area (Å²) in [4.78, 5) is 8.02. The molecule has 13 heavy (non-hydrogen) atoms. The summed E-state index contributed by atoms with van der Waals surface area (Å²) < 4.78 is 1.72. The highest BCUT2D eigenvalue weighted by Gasteiger charge is 2.02. The normalized spacial score (nSPS) is 10.2. The first-order chi connectivity index (χ1) is 6.35. The van der Waals surface area contributed by atoms with Crippen LogP contribution in [0.5, 0.6) is 0 Å². The summed E-state index contributed by atoms with van der Waals surface area (Å²) in [6.07, 6.45) is 4.82. The van der Waals surface area contributed by atoms with Crippen LogP contribution in [-0.4, -0.2) is 14.4 Å². The minimum absolute atomic E-state index is 0.387. The van der Waals surface area contributed by atoms with E-state index in [-0.39, 0.29) is 0 Å². The van der Waals surface area contributed by atoms with E-state index in [4.69, 9.17) is 11.0 Å². The van der Waals surface area contributed by atoms with Crippen LogP contribution in [0.15, 0.2) is 18.6 Å². The summed E-state index contributed by atoms with van der Waals surface area (Å²) in [5.74, 6) is 0.569. The smallest absolute Gasteiger partial charge is 0.234 e. The molecule has 5 heteroatoms. The summed E-state index contributed by atoms with van der Waals surface area (Å²) in [6.45, 7) is 0.387. The molecule has 0 fully saturated rings. The molecule has 0 aliphatic heterocycles. The second-order valence-corrected chi connectivity index (χ2v) is 2.58. The number of hydrogen-bond donors (Lipinski definition) is 1. The van der Waals surface area contributed by atoms with Crippen LogP contribution < -0.4 is 5.73 Å². The Bertz CT molecular complexity index is 479. The highest BCUT2D eigenvalue weighted by molar-refractivity contribution is 5.35. The van der Waals surface area contributed by atoms with Crippen molar-refractivity contribution in [3.05, 3.63) is 29.8 Å². The molecule has 2 aromatic heterocycles. The third kappa shape index (κ3) is 1.13. The van der Waals surface area contributed by atoms with E-state index in [0.29, 0.717) is 17.9 Å². The van der Waals surface area contributed by atoms with Gasteiger partial charge in [0.05, 0.1) is 23.7 Å². The van der Waals surface area contributed by atoms with E-state index in [2.05, 4.69) is 9.97 Å². The predicted molar refractivity (Wildman–Crippen MR) is 45.6 cm³/mol. The Kier molecular flexibility index (Phi) is 1.69. The SMILES string of the molecule is N#Cc1cnc2ncc(CN)n2c1. The fraction of sp³-hybridized carbons (Fsp3) is 0.125. The van der Waals surface area contributed by atoms with Gasteiger partial charge in [0.25, 0.3) is 0 Å². The molecular formula is C8H7N5. The van der Waals surface area contributed by atoms with Gasteiger partial charge in [-0.1, -0.05) is 0 Å². The average molecular weight is 173 g/mol. The molecule has 0 saturated carbocycles. The Balaban J connectivity index is 2.73. The molecule has 0 radical (unpaired) electrons. The third-order valence-electron chi connectivity index (χ3n) is 1.78. The number of nitrogens with zero attached hydrogens (tertiary/aromatic N) is 4. The fourth-order valence-corrected chi connectivity index (χ4v) is 1.13. The molecule has 0 amide bonds. The summed E-state index contributed by atoms with van der Waals surface area (Å²) in [6, 6.07) is 2.01. The van der Waals surface area contributed by atoms with Gasteiger partial charge in [-0.3, -0.25) is 4.40 Å². The van der Waals surface area contributed by atoms with Crippen molar-refractivity contribution in [1.29, 1.82) is 5.26 Å². The van der Waals surface area contributed by atoms with Crippen molar-refractivity contribution >= 4 is 5.78 Å². The van der Waals surface area contributed by atoms with E-state index in [0.717, 1.165) is 5.69 Å². The molecule has 2 aromatic rings. The molecule has 2 N–H and O–H groups in total. The van der Waals surface area contributed by atoms with Crippen molar-refractivity contribution in [2.45, 2.75) is 6.54 Å². The molecule has 0 unspecified atom stereocenters. The van der Waals surface area contributed by atoms with E-state index in [9.17, 15) is 0 Å². The minimum Gasteiger partial charge on any atom is -0.325 e. The van der Waals surface area contributed by atoms with Crippen molar-refractivity contribution in [2.75, 3.05) is 0 Å². The molecule has 0 aliphatic carbocycles. The van der Waals surface area contributed by atoms with E-state index in [1.165, 1.54) is 6.20 Å². The second kappa shape index (κ2) is 2.84. The van der Waals surface area contributed by atoms with Crippen molar-refractivity contribution < 1.29 is 0 Å². The lowest BCUT2D eigenvalue weighted by Crippen LogP contribution is -2.01. The molecule has 0 bridgehead atoms.